The van der Waals surface area contributed by atoms with Gasteiger partial charge in [-0.15, -0.1) is 0 Å². The molecule has 8 aromatic rings. The van der Waals surface area contributed by atoms with Gasteiger partial charge in [0, 0.05) is 28.3 Å². The molecule has 10 rings (SSSR count). The molecule has 6 nitrogen and oxygen atoms in total. The van der Waals surface area contributed by atoms with E-state index in [4.69, 9.17) is 24.9 Å². The predicted molar refractivity (Wildman–Crippen MR) is 207 cm³/mol. The van der Waals surface area contributed by atoms with Gasteiger partial charge in [0.05, 0.1) is 22.3 Å². The lowest BCUT2D eigenvalue weighted by Gasteiger charge is -2.31. The lowest BCUT2D eigenvalue weighted by atomic mass is 9.93. The molecule has 4 heterocycles. The number of hydrogen-bond donors (Lipinski definition) is 0. The number of benzene rings is 5. The third-order valence-electron chi connectivity index (χ3n) is 9.77. The SMILES string of the molecule is C1=C(c2ccccc2)CCC=C1c1nc(-c2cccc(-c3ccccc3)c2)nc(N2c3ccccc3-c3nccc4c3c2nc2ccccc24)n1. The molecule has 0 bridgehead atoms. The molecule has 2 aliphatic rings. The molecule has 6 heteroatoms. The summed E-state index contributed by atoms with van der Waals surface area (Å²) >= 11 is 0. The molecule has 0 saturated carbocycles. The van der Waals surface area contributed by atoms with Gasteiger partial charge >= 0.3 is 0 Å². The van der Waals surface area contributed by atoms with E-state index in [-0.39, 0.29) is 0 Å². The zero-order chi connectivity index (χ0) is 33.7. The fraction of sp³-hybridized carbons (Fsp3) is 0.0444. The van der Waals surface area contributed by atoms with Crippen LogP contribution in [0.2, 0.25) is 0 Å². The second kappa shape index (κ2) is 12.0. The molecule has 1 aliphatic carbocycles. The van der Waals surface area contributed by atoms with Gasteiger partial charge in [-0.25, -0.2) is 9.97 Å². The van der Waals surface area contributed by atoms with Crippen LogP contribution in [0, 0.1) is 0 Å². The van der Waals surface area contributed by atoms with Gasteiger partial charge in [-0.1, -0.05) is 121 Å². The highest BCUT2D eigenvalue weighted by molar-refractivity contribution is 6.18. The average molecular weight is 655 g/mol. The number of allylic oxidation sites excluding steroid dienone is 4. The van der Waals surface area contributed by atoms with Gasteiger partial charge in [0.1, 0.15) is 0 Å². The number of rotatable bonds is 5. The highest BCUT2D eigenvalue weighted by atomic mass is 15.3. The van der Waals surface area contributed by atoms with Gasteiger partial charge in [-0.3, -0.25) is 9.88 Å². The Bertz CT molecular complexity index is 2700. The highest BCUT2D eigenvalue weighted by Crippen LogP contribution is 2.50. The maximum Gasteiger partial charge on any atom is 0.240 e. The predicted octanol–water partition coefficient (Wildman–Crippen LogP) is 11.0. The molecule has 0 unspecified atom stereocenters. The Balaban J connectivity index is 1.23. The van der Waals surface area contributed by atoms with E-state index < -0.39 is 0 Å². The van der Waals surface area contributed by atoms with Gasteiger partial charge < -0.3 is 0 Å². The number of nitrogens with zero attached hydrogens (tertiary/aromatic N) is 6. The van der Waals surface area contributed by atoms with Crippen molar-refractivity contribution in [2.45, 2.75) is 12.8 Å². The Hall–Kier alpha value is -6.79. The fourth-order valence-corrected chi connectivity index (χ4v) is 7.36. The second-order valence-electron chi connectivity index (χ2n) is 12.9. The van der Waals surface area contributed by atoms with Crippen molar-refractivity contribution in [1.82, 2.24) is 24.9 Å². The Morgan fingerprint density at radius 1 is 0.549 bits per heavy atom. The fourth-order valence-electron chi connectivity index (χ4n) is 7.36. The molecule has 0 N–H and O–H groups in total. The van der Waals surface area contributed by atoms with Gasteiger partial charge in [0.25, 0.3) is 0 Å². The monoisotopic (exact) mass is 654 g/mol. The number of anilines is 3. The average Bonchev–Trinajstić information content (AvgIpc) is 3.21. The first-order valence-electron chi connectivity index (χ1n) is 17.2. The van der Waals surface area contributed by atoms with E-state index >= 15 is 0 Å². The topological polar surface area (TPSA) is 67.7 Å². The van der Waals surface area contributed by atoms with Gasteiger partial charge in [0.15, 0.2) is 17.5 Å². The first kappa shape index (κ1) is 29.2. The van der Waals surface area contributed by atoms with Crippen LogP contribution in [-0.4, -0.2) is 24.9 Å². The smallest absolute Gasteiger partial charge is 0.240 e. The molecule has 0 saturated heterocycles. The van der Waals surface area contributed by atoms with Crippen molar-refractivity contribution in [2.24, 2.45) is 0 Å². The minimum absolute atomic E-state index is 0.507. The van der Waals surface area contributed by atoms with Gasteiger partial charge in [0.2, 0.25) is 5.95 Å². The van der Waals surface area contributed by atoms with Crippen molar-refractivity contribution >= 4 is 50.3 Å². The first-order valence-corrected chi connectivity index (χ1v) is 17.2. The number of fused-ring (bicyclic) bond motifs is 4. The van der Waals surface area contributed by atoms with E-state index in [1.165, 1.54) is 11.1 Å². The third kappa shape index (κ3) is 4.99. The zero-order valence-corrected chi connectivity index (χ0v) is 27.6. The molecule has 51 heavy (non-hydrogen) atoms. The summed E-state index contributed by atoms with van der Waals surface area (Å²) in [4.78, 5) is 28.0. The molecule has 0 spiro atoms. The maximum absolute atomic E-state index is 5.30. The van der Waals surface area contributed by atoms with Crippen LogP contribution in [0.15, 0.2) is 158 Å². The molecule has 0 amide bonds. The van der Waals surface area contributed by atoms with Crippen molar-refractivity contribution in [3.8, 4) is 33.8 Å². The molecule has 1 aliphatic heterocycles. The molecule has 0 radical (unpaired) electrons. The molecular weight excluding hydrogens is 625 g/mol. The Kier molecular flexibility index (Phi) is 6.84. The summed E-state index contributed by atoms with van der Waals surface area (Å²) in [5, 5.41) is 3.16. The highest BCUT2D eigenvalue weighted by Gasteiger charge is 2.31. The zero-order valence-electron chi connectivity index (χ0n) is 27.6. The maximum atomic E-state index is 5.30. The van der Waals surface area contributed by atoms with Crippen LogP contribution in [0.3, 0.4) is 0 Å². The molecule has 3 aromatic heterocycles. The largest absolute Gasteiger partial charge is 0.261 e. The number of pyridine rings is 2. The van der Waals surface area contributed by atoms with E-state index in [1.54, 1.807) is 0 Å². The number of hydrogen-bond acceptors (Lipinski definition) is 6. The van der Waals surface area contributed by atoms with Crippen LogP contribution in [0.4, 0.5) is 17.5 Å². The van der Waals surface area contributed by atoms with Crippen molar-refractivity contribution in [3.05, 3.63) is 169 Å². The van der Waals surface area contributed by atoms with E-state index in [2.05, 4.69) is 138 Å². The standard InChI is InChI=1S/C45H30N6/c1-3-13-29(14-4-1)31-17-11-19-33(27-31)42-48-43(34-20-12-18-32(28-34)30-15-5-2-6-16-30)50-45(49-42)51-39-24-10-8-22-37(39)41-40-36(25-26-46-41)35-21-7-9-23-38(35)47-44(40)51/h1-11,13-17,19-28H,12,18H2. The second-order valence-corrected chi connectivity index (χ2v) is 12.9. The first-order chi connectivity index (χ1) is 25.3. The van der Waals surface area contributed by atoms with E-state index in [1.807, 2.05) is 24.4 Å². The van der Waals surface area contributed by atoms with Gasteiger partial charge in [-0.2, -0.15) is 9.97 Å². The third-order valence-corrected chi connectivity index (χ3v) is 9.77. The summed E-state index contributed by atoms with van der Waals surface area (Å²) in [6, 6.07) is 48.1. The quantitative estimate of drug-likeness (QED) is 0.172. The van der Waals surface area contributed by atoms with Crippen LogP contribution < -0.4 is 4.90 Å². The van der Waals surface area contributed by atoms with E-state index in [9.17, 15) is 0 Å². The minimum atomic E-state index is 0.507. The number of para-hydroxylation sites is 2. The van der Waals surface area contributed by atoms with Crippen molar-refractivity contribution in [2.75, 3.05) is 4.90 Å². The summed E-state index contributed by atoms with van der Waals surface area (Å²) in [5.74, 6) is 2.48. The molecular formula is C45H30N6. The lowest BCUT2D eigenvalue weighted by molar-refractivity contribution is 0.978. The summed E-state index contributed by atoms with van der Waals surface area (Å²) < 4.78 is 0. The van der Waals surface area contributed by atoms with Crippen LogP contribution in [0.5, 0.6) is 0 Å². The Morgan fingerprint density at radius 3 is 2.16 bits per heavy atom. The molecule has 240 valence electrons. The van der Waals surface area contributed by atoms with Crippen LogP contribution >= 0.6 is 0 Å². The summed E-state index contributed by atoms with van der Waals surface area (Å²) in [6.45, 7) is 0. The van der Waals surface area contributed by atoms with Crippen LogP contribution in [-0.2, 0) is 0 Å². The Labute approximate surface area is 295 Å². The van der Waals surface area contributed by atoms with Crippen LogP contribution in [0.25, 0.3) is 66.6 Å². The molecule has 0 atom stereocenters. The Morgan fingerprint density at radius 2 is 1.27 bits per heavy atom. The van der Waals surface area contributed by atoms with Crippen molar-refractivity contribution in [1.29, 1.82) is 0 Å². The van der Waals surface area contributed by atoms with Crippen molar-refractivity contribution in [3.63, 3.8) is 0 Å². The minimum Gasteiger partial charge on any atom is -0.261 e. The van der Waals surface area contributed by atoms with Gasteiger partial charge in [-0.05, 0) is 70.8 Å². The van der Waals surface area contributed by atoms with E-state index in [0.717, 1.165) is 79.5 Å². The summed E-state index contributed by atoms with van der Waals surface area (Å²) in [6.07, 6.45) is 8.23. The summed E-state index contributed by atoms with van der Waals surface area (Å²) in [5.41, 5.74) is 10.3. The van der Waals surface area contributed by atoms with E-state index in [0.29, 0.717) is 17.6 Å². The molecule has 0 fully saturated rings. The van der Waals surface area contributed by atoms with Crippen molar-refractivity contribution < 1.29 is 0 Å². The number of aromatic nitrogens is 5. The lowest BCUT2D eigenvalue weighted by Crippen LogP contribution is -2.21. The summed E-state index contributed by atoms with van der Waals surface area (Å²) in [7, 11) is 0. The molecule has 5 aromatic carbocycles. The normalized spacial score (nSPS) is 13.5. The van der Waals surface area contributed by atoms with Crippen LogP contribution in [0.1, 0.15) is 24.2 Å².